The SMILES string of the molecule is O=C(Nc1ccc(N2CCN(c3ccccn3)CC2)nn1)c1ccccc1Cl. The molecule has 2 aromatic heterocycles. The number of carbonyl (C=O) groups is 1. The molecule has 1 N–H and O–H groups in total. The highest BCUT2D eigenvalue weighted by molar-refractivity contribution is 6.34. The summed E-state index contributed by atoms with van der Waals surface area (Å²) in [7, 11) is 0. The van der Waals surface area contributed by atoms with Gasteiger partial charge < -0.3 is 15.1 Å². The van der Waals surface area contributed by atoms with Crippen LogP contribution in [0, 0.1) is 0 Å². The van der Waals surface area contributed by atoms with E-state index in [1.54, 1.807) is 30.3 Å². The minimum absolute atomic E-state index is 0.309. The monoisotopic (exact) mass is 394 g/mol. The highest BCUT2D eigenvalue weighted by atomic mass is 35.5. The van der Waals surface area contributed by atoms with Gasteiger partial charge in [-0.1, -0.05) is 29.8 Å². The zero-order chi connectivity index (χ0) is 19.3. The summed E-state index contributed by atoms with van der Waals surface area (Å²) < 4.78 is 0. The van der Waals surface area contributed by atoms with Crippen molar-refractivity contribution in [3.8, 4) is 0 Å². The second-order valence-corrected chi connectivity index (χ2v) is 6.78. The van der Waals surface area contributed by atoms with Crippen molar-refractivity contribution >= 4 is 35.0 Å². The van der Waals surface area contributed by atoms with Crippen LogP contribution in [0.5, 0.6) is 0 Å². The molecule has 4 rings (SSSR count). The summed E-state index contributed by atoms with van der Waals surface area (Å²) in [4.78, 5) is 21.1. The Morgan fingerprint density at radius 2 is 1.57 bits per heavy atom. The van der Waals surface area contributed by atoms with Crippen LogP contribution in [0.25, 0.3) is 0 Å². The molecule has 0 saturated carbocycles. The van der Waals surface area contributed by atoms with E-state index in [1.807, 2.05) is 30.5 Å². The van der Waals surface area contributed by atoms with Gasteiger partial charge in [0.2, 0.25) is 0 Å². The molecule has 0 spiro atoms. The summed E-state index contributed by atoms with van der Waals surface area (Å²) >= 11 is 6.06. The number of carbonyl (C=O) groups excluding carboxylic acids is 1. The lowest BCUT2D eigenvalue weighted by atomic mass is 10.2. The molecule has 1 saturated heterocycles. The summed E-state index contributed by atoms with van der Waals surface area (Å²) in [5.74, 6) is 1.86. The maximum Gasteiger partial charge on any atom is 0.258 e. The fraction of sp³-hybridized carbons (Fsp3) is 0.200. The summed E-state index contributed by atoms with van der Waals surface area (Å²) in [5, 5.41) is 11.5. The number of aromatic nitrogens is 3. The Labute approximate surface area is 168 Å². The first-order valence-corrected chi connectivity index (χ1v) is 9.39. The van der Waals surface area contributed by atoms with Crippen LogP contribution in [0.1, 0.15) is 10.4 Å². The molecule has 1 aliphatic rings. The van der Waals surface area contributed by atoms with Crippen LogP contribution in [0.2, 0.25) is 5.02 Å². The number of hydrogen-bond donors (Lipinski definition) is 1. The minimum atomic E-state index is -0.309. The number of nitrogens with one attached hydrogen (secondary N) is 1. The van der Waals surface area contributed by atoms with Crippen molar-refractivity contribution in [2.45, 2.75) is 0 Å². The maximum absolute atomic E-state index is 12.3. The first-order chi connectivity index (χ1) is 13.7. The highest BCUT2D eigenvalue weighted by Crippen LogP contribution is 2.19. The van der Waals surface area contributed by atoms with E-state index in [9.17, 15) is 4.79 Å². The fourth-order valence-corrected chi connectivity index (χ4v) is 3.32. The molecular formula is C20H19ClN6O. The van der Waals surface area contributed by atoms with Crippen LogP contribution in [-0.2, 0) is 0 Å². The van der Waals surface area contributed by atoms with Crippen molar-refractivity contribution in [2.24, 2.45) is 0 Å². The van der Waals surface area contributed by atoms with Crippen molar-refractivity contribution in [3.05, 3.63) is 71.4 Å². The smallest absolute Gasteiger partial charge is 0.258 e. The van der Waals surface area contributed by atoms with E-state index in [-0.39, 0.29) is 5.91 Å². The van der Waals surface area contributed by atoms with Gasteiger partial charge in [0.05, 0.1) is 10.6 Å². The topological polar surface area (TPSA) is 74.2 Å². The van der Waals surface area contributed by atoms with Gasteiger partial charge in [-0.15, -0.1) is 10.2 Å². The van der Waals surface area contributed by atoms with Crippen molar-refractivity contribution in [1.29, 1.82) is 0 Å². The molecule has 0 atom stereocenters. The van der Waals surface area contributed by atoms with Gasteiger partial charge in [0, 0.05) is 32.4 Å². The van der Waals surface area contributed by atoms with E-state index in [0.717, 1.165) is 37.8 Å². The maximum atomic E-state index is 12.3. The average Bonchev–Trinajstić information content (AvgIpc) is 2.75. The standard InChI is InChI=1S/C20H19ClN6O/c21-16-6-2-1-5-15(16)20(28)23-17-8-9-19(25-24-17)27-13-11-26(12-14-27)18-7-3-4-10-22-18/h1-10H,11-14H2,(H,23,24,28). The normalized spacial score (nSPS) is 14.0. The number of halogens is 1. The summed E-state index contributed by atoms with van der Waals surface area (Å²) in [6.45, 7) is 3.39. The molecule has 0 unspecified atom stereocenters. The van der Waals surface area contributed by atoms with Gasteiger partial charge >= 0.3 is 0 Å². The number of pyridine rings is 1. The van der Waals surface area contributed by atoms with E-state index in [1.165, 1.54) is 0 Å². The molecule has 8 heteroatoms. The third kappa shape index (κ3) is 4.04. The van der Waals surface area contributed by atoms with Crippen LogP contribution >= 0.6 is 11.6 Å². The molecule has 7 nitrogen and oxygen atoms in total. The molecule has 1 aliphatic heterocycles. The largest absolute Gasteiger partial charge is 0.353 e. The second kappa shape index (κ2) is 8.22. The van der Waals surface area contributed by atoms with Gasteiger partial charge in [0.1, 0.15) is 5.82 Å². The first kappa shape index (κ1) is 18.2. The van der Waals surface area contributed by atoms with E-state index < -0.39 is 0 Å². The Kier molecular flexibility index (Phi) is 5.34. The Bertz CT molecular complexity index is 942. The Balaban J connectivity index is 1.36. The quantitative estimate of drug-likeness (QED) is 0.733. The van der Waals surface area contributed by atoms with Crippen molar-refractivity contribution < 1.29 is 4.79 Å². The third-order valence-corrected chi connectivity index (χ3v) is 4.92. The first-order valence-electron chi connectivity index (χ1n) is 9.01. The number of piperazine rings is 1. The third-order valence-electron chi connectivity index (χ3n) is 4.59. The van der Waals surface area contributed by atoms with Gasteiger partial charge in [-0.3, -0.25) is 4.79 Å². The molecule has 0 aliphatic carbocycles. The van der Waals surface area contributed by atoms with Crippen LogP contribution < -0.4 is 15.1 Å². The number of rotatable bonds is 4. The fourth-order valence-electron chi connectivity index (χ4n) is 3.10. The van der Waals surface area contributed by atoms with E-state index in [2.05, 4.69) is 30.3 Å². The Morgan fingerprint density at radius 3 is 2.21 bits per heavy atom. The lowest BCUT2D eigenvalue weighted by Gasteiger charge is -2.35. The molecule has 28 heavy (non-hydrogen) atoms. The van der Waals surface area contributed by atoms with Crippen LogP contribution in [0.3, 0.4) is 0 Å². The number of anilines is 3. The lowest BCUT2D eigenvalue weighted by Crippen LogP contribution is -2.47. The molecule has 3 heterocycles. The predicted octanol–water partition coefficient (Wildman–Crippen LogP) is 3.10. The summed E-state index contributed by atoms with van der Waals surface area (Å²) in [6, 6.07) is 16.4. The number of amides is 1. The lowest BCUT2D eigenvalue weighted by molar-refractivity contribution is 0.102. The van der Waals surface area contributed by atoms with Gasteiger partial charge in [-0.2, -0.15) is 0 Å². The average molecular weight is 395 g/mol. The number of nitrogens with zero attached hydrogens (tertiary/aromatic N) is 5. The van der Waals surface area contributed by atoms with Gasteiger partial charge in [0.15, 0.2) is 11.6 Å². The zero-order valence-electron chi connectivity index (χ0n) is 15.1. The number of benzene rings is 1. The van der Waals surface area contributed by atoms with Gasteiger partial charge in [0.25, 0.3) is 5.91 Å². The van der Waals surface area contributed by atoms with Crippen molar-refractivity contribution in [3.63, 3.8) is 0 Å². The van der Waals surface area contributed by atoms with Gasteiger partial charge in [-0.05, 0) is 36.4 Å². The molecule has 0 radical (unpaired) electrons. The van der Waals surface area contributed by atoms with Gasteiger partial charge in [-0.25, -0.2) is 4.98 Å². The molecule has 0 bridgehead atoms. The van der Waals surface area contributed by atoms with Crippen molar-refractivity contribution in [1.82, 2.24) is 15.2 Å². The second-order valence-electron chi connectivity index (χ2n) is 6.37. The van der Waals surface area contributed by atoms with Crippen LogP contribution in [0.4, 0.5) is 17.5 Å². The van der Waals surface area contributed by atoms with Crippen molar-refractivity contribution in [2.75, 3.05) is 41.3 Å². The highest BCUT2D eigenvalue weighted by Gasteiger charge is 2.19. The van der Waals surface area contributed by atoms with E-state index in [0.29, 0.717) is 16.4 Å². The zero-order valence-corrected chi connectivity index (χ0v) is 15.9. The molecule has 1 aromatic carbocycles. The molecule has 1 fully saturated rings. The summed E-state index contributed by atoms with van der Waals surface area (Å²) in [5.41, 5.74) is 0.403. The Morgan fingerprint density at radius 1 is 0.857 bits per heavy atom. The minimum Gasteiger partial charge on any atom is -0.353 e. The number of hydrogen-bond acceptors (Lipinski definition) is 6. The Hall–Kier alpha value is -3.19. The predicted molar refractivity (Wildman–Crippen MR) is 110 cm³/mol. The van der Waals surface area contributed by atoms with Crippen LogP contribution in [-0.4, -0.2) is 47.3 Å². The molecular weight excluding hydrogens is 376 g/mol. The van der Waals surface area contributed by atoms with Crippen LogP contribution in [0.15, 0.2) is 60.8 Å². The summed E-state index contributed by atoms with van der Waals surface area (Å²) in [6.07, 6.45) is 1.81. The molecule has 1 amide bonds. The molecule has 142 valence electrons. The van der Waals surface area contributed by atoms with E-state index in [4.69, 9.17) is 11.6 Å². The van der Waals surface area contributed by atoms with E-state index >= 15 is 0 Å². The molecule has 3 aromatic rings.